The van der Waals surface area contributed by atoms with Gasteiger partial charge in [-0.05, 0) is 30.5 Å². The Morgan fingerprint density at radius 1 is 1.33 bits per heavy atom. The quantitative estimate of drug-likeness (QED) is 0.801. The standard InChI is InChI=1S/C20H22FNO5/c1-2-17-16(20(24)25)10-18(27-17)19(23)22(12-15-7-4-8-26-15)11-13-5-3-6-14(21)9-13/h3,5-6,9-10,15H,2,4,7-8,11-12H2,1H3,(H,24,25). The molecule has 1 unspecified atom stereocenters. The zero-order valence-corrected chi connectivity index (χ0v) is 15.1. The van der Waals surface area contributed by atoms with Crippen LogP contribution < -0.4 is 0 Å². The lowest BCUT2D eigenvalue weighted by atomic mass is 10.1. The average Bonchev–Trinajstić information content (AvgIpc) is 3.30. The van der Waals surface area contributed by atoms with Crippen LogP contribution in [0.25, 0.3) is 0 Å². The van der Waals surface area contributed by atoms with Crippen LogP contribution in [0.4, 0.5) is 4.39 Å². The van der Waals surface area contributed by atoms with Crippen molar-refractivity contribution >= 4 is 11.9 Å². The first-order valence-corrected chi connectivity index (χ1v) is 8.99. The summed E-state index contributed by atoms with van der Waals surface area (Å²) in [7, 11) is 0. The molecular formula is C20H22FNO5. The Balaban J connectivity index is 1.86. The Morgan fingerprint density at radius 3 is 2.74 bits per heavy atom. The van der Waals surface area contributed by atoms with E-state index in [1.807, 2.05) is 0 Å². The van der Waals surface area contributed by atoms with Crippen LogP contribution in [0.15, 0.2) is 34.7 Å². The molecule has 2 aromatic rings. The van der Waals surface area contributed by atoms with E-state index in [1.165, 1.54) is 23.1 Å². The Hall–Kier alpha value is -2.67. The van der Waals surface area contributed by atoms with Crippen molar-refractivity contribution in [1.29, 1.82) is 0 Å². The first-order chi connectivity index (χ1) is 13.0. The van der Waals surface area contributed by atoms with Crippen molar-refractivity contribution < 1.29 is 28.2 Å². The van der Waals surface area contributed by atoms with E-state index in [4.69, 9.17) is 9.15 Å². The van der Waals surface area contributed by atoms with Gasteiger partial charge in [0.25, 0.3) is 5.91 Å². The lowest BCUT2D eigenvalue weighted by Crippen LogP contribution is -2.36. The second-order valence-electron chi connectivity index (χ2n) is 6.56. The van der Waals surface area contributed by atoms with Gasteiger partial charge in [0.2, 0.25) is 0 Å². The number of carboxylic acids is 1. The van der Waals surface area contributed by atoms with Crippen LogP contribution in [0.5, 0.6) is 0 Å². The Kier molecular flexibility index (Phi) is 5.91. The number of carbonyl (C=O) groups excluding carboxylic acids is 1. The van der Waals surface area contributed by atoms with Gasteiger partial charge in [0.05, 0.1) is 6.10 Å². The molecule has 27 heavy (non-hydrogen) atoms. The van der Waals surface area contributed by atoms with Crippen LogP contribution >= 0.6 is 0 Å². The molecule has 1 N–H and O–H groups in total. The molecule has 1 aliphatic heterocycles. The maximum atomic E-state index is 13.5. The maximum absolute atomic E-state index is 13.5. The predicted octanol–water partition coefficient (Wildman–Crippen LogP) is 3.50. The molecule has 1 aromatic heterocycles. The minimum absolute atomic E-state index is 0.0105. The highest BCUT2D eigenvalue weighted by Gasteiger charge is 2.27. The maximum Gasteiger partial charge on any atom is 0.339 e. The smallest absolute Gasteiger partial charge is 0.339 e. The SMILES string of the molecule is CCc1oc(C(=O)N(Cc2cccc(F)c2)CC2CCCO2)cc1C(=O)O. The van der Waals surface area contributed by atoms with Crippen molar-refractivity contribution in [3.05, 3.63) is 58.8 Å². The van der Waals surface area contributed by atoms with Crippen LogP contribution in [-0.2, 0) is 17.7 Å². The van der Waals surface area contributed by atoms with Crippen LogP contribution in [0.3, 0.4) is 0 Å². The van der Waals surface area contributed by atoms with Crippen LogP contribution in [-0.4, -0.2) is 41.1 Å². The summed E-state index contributed by atoms with van der Waals surface area (Å²) in [6, 6.07) is 7.30. The number of ether oxygens (including phenoxy) is 1. The van der Waals surface area contributed by atoms with E-state index in [0.29, 0.717) is 25.1 Å². The normalized spacial score (nSPS) is 16.4. The molecule has 0 bridgehead atoms. The number of aryl methyl sites for hydroxylation is 1. The van der Waals surface area contributed by atoms with E-state index in [-0.39, 0.29) is 35.5 Å². The van der Waals surface area contributed by atoms with Gasteiger partial charge in [-0.2, -0.15) is 0 Å². The van der Waals surface area contributed by atoms with Crippen molar-refractivity contribution in [3.63, 3.8) is 0 Å². The number of aromatic carboxylic acids is 1. The third-order valence-corrected chi connectivity index (χ3v) is 4.57. The van der Waals surface area contributed by atoms with Crippen LogP contribution in [0, 0.1) is 5.82 Å². The molecule has 3 rings (SSSR count). The van der Waals surface area contributed by atoms with Crippen molar-refractivity contribution in [2.45, 2.75) is 38.8 Å². The van der Waals surface area contributed by atoms with Gasteiger partial charge in [0, 0.05) is 32.2 Å². The van der Waals surface area contributed by atoms with Crippen LogP contribution in [0.2, 0.25) is 0 Å². The molecule has 6 nitrogen and oxygen atoms in total. The molecule has 0 aliphatic carbocycles. The van der Waals surface area contributed by atoms with E-state index in [1.54, 1.807) is 19.1 Å². The van der Waals surface area contributed by atoms with Gasteiger partial charge in [-0.15, -0.1) is 0 Å². The van der Waals surface area contributed by atoms with Gasteiger partial charge < -0.3 is 19.2 Å². The summed E-state index contributed by atoms with van der Waals surface area (Å²) >= 11 is 0. The summed E-state index contributed by atoms with van der Waals surface area (Å²) < 4.78 is 24.7. The number of carbonyl (C=O) groups is 2. The fraction of sp³-hybridized carbons (Fsp3) is 0.400. The summed E-state index contributed by atoms with van der Waals surface area (Å²) in [6.07, 6.45) is 2.04. The molecule has 1 aliphatic rings. The number of nitrogens with zero attached hydrogens (tertiary/aromatic N) is 1. The molecule has 1 aromatic carbocycles. The number of rotatable bonds is 7. The molecule has 2 heterocycles. The third-order valence-electron chi connectivity index (χ3n) is 4.57. The predicted molar refractivity (Wildman–Crippen MR) is 95.2 cm³/mol. The first-order valence-electron chi connectivity index (χ1n) is 8.99. The second kappa shape index (κ2) is 8.35. The van der Waals surface area contributed by atoms with E-state index < -0.39 is 11.9 Å². The molecule has 0 radical (unpaired) electrons. The van der Waals surface area contributed by atoms with Gasteiger partial charge in [0.15, 0.2) is 5.76 Å². The van der Waals surface area contributed by atoms with Gasteiger partial charge in [0.1, 0.15) is 17.1 Å². The number of halogens is 1. The van der Waals surface area contributed by atoms with Crippen molar-refractivity contribution in [2.75, 3.05) is 13.2 Å². The van der Waals surface area contributed by atoms with E-state index in [0.717, 1.165) is 12.8 Å². The molecule has 0 saturated carbocycles. The van der Waals surface area contributed by atoms with Crippen LogP contribution in [0.1, 0.15) is 52.0 Å². The first kappa shape index (κ1) is 19.1. The Bertz CT molecular complexity index is 826. The number of furan rings is 1. The largest absolute Gasteiger partial charge is 0.478 e. The monoisotopic (exact) mass is 375 g/mol. The number of hydrogen-bond donors (Lipinski definition) is 1. The van der Waals surface area contributed by atoms with E-state index in [2.05, 4.69) is 0 Å². The Morgan fingerprint density at radius 2 is 2.15 bits per heavy atom. The van der Waals surface area contributed by atoms with Gasteiger partial charge >= 0.3 is 5.97 Å². The third kappa shape index (κ3) is 4.54. The molecule has 144 valence electrons. The number of amides is 1. The van der Waals surface area contributed by atoms with Gasteiger partial charge in [-0.25, -0.2) is 9.18 Å². The summed E-state index contributed by atoms with van der Waals surface area (Å²) in [5, 5.41) is 9.28. The number of hydrogen-bond acceptors (Lipinski definition) is 4. The van der Waals surface area contributed by atoms with Crippen molar-refractivity contribution in [2.24, 2.45) is 0 Å². The van der Waals surface area contributed by atoms with E-state index >= 15 is 0 Å². The molecule has 1 fully saturated rings. The summed E-state index contributed by atoms with van der Waals surface area (Å²) in [5.41, 5.74) is 0.630. The lowest BCUT2D eigenvalue weighted by molar-refractivity contribution is 0.0482. The highest BCUT2D eigenvalue weighted by Crippen LogP contribution is 2.21. The molecule has 1 saturated heterocycles. The lowest BCUT2D eigenvalue weighted by Gasteiger charge is -2.24. The highest BCUT2D eigenvalue weighted by molar-refractivity contribution is 5.96. The highest BCUT2D eigenvalue weighted by atomic mass is 19.1. The molecular weight excluding hydrogens is 353 g/mol. The molecule has 1 atom stereocenters. The average molecular weight is 375 g/mol. The number of benzene rings is 1. The fourth-order valence-electron chi connectivity index (χ4n) is 3.24. The molecule has 7 heteroatoms. The fourth-order valence-corrected chi connectivity index (χ4v) is 3.24. The zero-order chi connectivity index (χ0) is 19.4. The van der Waals surface area contributed by atoms with Gasteiger partial charge in [-0.1, -0.05) is 19.1 Å². The summed E-state index contributed by atoms with van der Waals surface area (Å²) in [6.45, 7) is 2.92. The van der Waals surface area contributed by atoms with Gasteiger partial charge in [-0.3, -0.25) is 4.79 Å². The molecule has 1 amide bonds. The van der Waals surface area contributed by atoms with Crippen molar-refractivity contribution in [3.8, 4) is 0 Å². The zero-order valence-electron chi connectivity index (χ0n) is 15.1. The summed E-state index contributed by atoms with van der Waals surface area (Å²) in [5.74, 6) is -1.72. The second-order valence-corrected chi connectivity index (χ2v) is 6.56. The van der Waals surface area contributed by atoms with E-state index in [9.17, 15) is 19.1 Å². The van der Waals surface area contributed by atoms with Crippen molar-refractivity contribution in [1.82, 2.24) is 4.90 Å². The number of carboxylic acid groups (broad SMARTS) is 1. The Labute approximate surface area is 156 Å². The summed E-state index contributed by atoms with van der Waals surface area (Å²) in [4.78, 5) is 25.9. The molecule has 0 spiro atoms. The minimum Gasteiger partial charge on any atom is -0.478 e. The minimum atomic E-state index is -1.13. The topological polar surface area (TPSA) is 80.0 Å².